The lowest BCUT2D eigenvalue weighted by Crippen LogP contribution is -2.32. The molecule has 6 heteroatoms. The van der Waals surface area contributed by atoms with E-state index in [2.05, 4.69) is 13.8 Å². The molecule has 0 aromatic carbocycles. The first-order chi connectivity index (χ1) is 20.4. The van der Waals surface area contributed by atoms with Crippen molar-refractivity contribution in [2.24, 2.45) is 0 Å². The molecule has 0 heterocycles. The van der Waals surface area contributed by atoms with Crippen LogP contribution in [-0.4, -0.2) is 30.8 Å². The highest BCUT2D eigenvalue weighted by molar-refractivity contribution is 7.87. The monoisotopic (exact) mass is 617 g/mol. The molecule has 0 spiro atoms. The van der Waals surface area contributed by atoms with Crippen LogP contribution in [0.25, 0.3) is 0 Å². The van der Waals surface area contributed by atoms with E-state index in [0.717, 1.165) is 38.5 Å². The first-order valence-corrected chi connectivity index (χ1v) is 20.1. The summed E-state index contributed by atoms with van der Waals surface area (Å²) in [6, 6.07) is 0. The summed E-state index contributed by atoms with van der Waals surface area (Å²) in [4.78, 5) is 12.4. The molecule has 0 fully saturated rings. The molecule has 0 aliphatic rings. The van der Waals surface area contributed by atoms with Gasteiger partial charge in [-0.1, -0.05) is 200 Å². The Morgan fingerprint density at radius 3 is 1.02 bits per heavy atom. The molecule has 0 radical (unpaired) electrons. The lowest BCUT2D eigenvalue weighted by Gasteiger charge is -2.13. The molecule has 0 bridgehead atoms. The summed E-state index contributed by atoms with van der Waals surface area (Å²) in [5, 5.41) is -1.43. The third kappa shape index (κ3) is 29.5. The van der Waals surface area contributed by atoms with Gasteiger partial charge in [-0.2, -0.15) is 8.42 Å². The van der Waals surface area contributed by atoms with Gasteiger partial charge in [-0.3, -0.25) is 9.35 Å². The summed E-state index contributed by atoms with van der Waals surface area (Å²) < 4.78 is 38.4. The van der Waals surface area contributed by atoms with E-state index in [9.17, 15) is 17.8 Å². The van der Waals surface area contributed by atoms with E-state index < -0.39 is 21.3 Å². The summed E-state index contributed by atoms with van der Waals surface area (Å²) in [5.41, 5.74) is 0. The van der Waals surface area contributed by atoms with E-state index in [1.807, 2.05) is 0 Å². The number of hydrogen-bond donors (Lipinski definition) is 1. The molecule has 0 aromatic rings. The van der Waals surface area contributed by atoms with Crippen molar-refractivity contribution in [1.82, 2.24) is 0 Å². The Bertz CT molecular complexity index is 664. The highest BCUT2D eigenvalue weighted by atomic mass is 32.2. The van der Waals surface area contributed by atoms with Crippen LogP contribution < -0.4 is 0 Å². The van der Waals surface area contributed by atoms with Gasteiger partial charge in [0.25, 0.3) is 10.1 Å². The van der Waals surface area contributed by atoms with Crippen LogP contribution in [0.15, 0.2) is 0 Å². The maximum Gasteiger partial charge on any atom is 0.326 e. The highest BCUT2D eigenvalue weighted by Crippen LogP contribution is 2.17. The fraction of sp³-hybridized carbons (Fsp3) is 0.972. The van der Waals surface area contributed by atoms with Gasteiger partial charge in [0.05, 0.1) is 6.61 Å². The zero-order valence-corrected chi connectivity index (χ0v) is 29.0. The number of esters is 1. The Balaban J connectivity index is 3.64. The number of ether oxygens (including phenoxy) is 1. The SMILES string of the molecule is CCCCCCCCCCCCCCCCCCOC(=O)C(CCCCCCCCCCCCCCCC)S(=O)(=O)O. The van der Waals surface area contributed by atoms with Gasteiger partial charge in [0.15, 0.2) is 5.25 Å². The molecule has 0 aliphatic carbocycles. The summed E-state index contributed by atoms with van der Waals surface area (Å²) >= 11 is 0. The van der Waals surface area contributed by atoms with Gasteiger partial charge >= 0.3 is 5.97 Å². The van der Waals surface area contributed by atoms with Gasteiger partial charge in [0, 0.05) is 0 Å². The smallest absolute Gasteiger partial charge is 0.326 e. The van der Waals surface area contributed by atoms with E-state index in [1.165, 1.54) is 148 Å². The average molecular weight is 617 g/mol. The molecule has 1 atom stereocenters. The highest BCUT2D eigenvalue weighted by Gasteiger charge is 2.31. The summed E-state index contributed by atoms with van der Waals surface area (Å²) in [5.74, 6) is -0.784. The van der Waals surface area contributed by atoms with Gasteiger partial charge in [-0.05, 0) is 12.8 Å². The van der Waals surface area contributed by atoms with Crippen molar-refractivity contribution in [1.29, 1.82) is 0 Å². The maximum absolute atomic E-state index is 12.4. The average Bonchev–Trinajstić information content (AvgIpc) is 2.96. The van der Waals surface area contributed by atoms with Crippen molar-refractivity contribution in [3.8, 4) is 0 Å². The number of unbranched alkanes of at least 4 members (excludes halogenated alkanes) is 28. The standard InChI is InChI=1S/C36H72O5S/c1-3-5-7-9-11-13-15-17-19-20-22-24-26-28-30-32-34-41-36(37)35(42(38,39)40)33-31-29-27-25-23-21-18-16-14-12-10-8-6-4-2/h35H,3-34H2,1-2H3,(H,38,39,40). The van der Waals surface area contributed by atoms with Crippen LogP contribution in [0.4, 0.5) is 0 Å². The van der Waals surface area contributed by atoms with Crippen molar-refractivity contribution in [3.05, 3.63) is 0 Å². The minimum atomic E-state index is -4.43. The van der Waals surface area contributed by atoms with Crippen molar-refractivity contribution in [3.63, 3.8) is 0 Å². The van der Waals surface area contributed by atoms with Gasteiger partial charge in [0.2, 0.25) is 0 Å². The topological polar surface area (TPSA) is 80.7 Å². The van der Waals surface area contributed by atoms with Crippen LogP contribution >= 0.6 is 0 Å². The lowest BCUT2D eigenvalue weighted by molar-refractivity contribution is -0.143. The minimum absolute atomic E-state index is 0.147. The van der Waals surface area contributed by atoms with Gasteiger partial charge in [0.1, 0.15) is 0 Å². The molecule has 0 amide bonds. The van der Waals surface area contributed by atoms with Crippen LogP contribution in [0.5, 0.6) is 0 Å². The molecule has 42 heavy (non-hydrogen) atoms. The van der Waals surface area contributed by atoms with Gasteiger partial charge in [-0.25, -0.2) is 0 Å². The molecular formula is C36H72O5S. The van der Waals surface area contributed by atoms with Gasteiger partial charge < -0.3 is 4.74 Å². The number of hydrogen-bond acceptors (Lipinski definition) is 4. The molecule has 0 saturated carbocycles. The number of carbonyl (C=O) groups is 1. The normalized spacial score (nSPS) is 12.5. The molecule has 1 N–H and O–H groups in total. The Hall–Kier alpha value is -0.620. The van der Waals surface area contributed by atoms with E-state index in [1.54, 1.807) is 0 Å². The zero-order chi connectivity index (χ0) is 31.0. The Morgan fingerprint density at radius 2 is 0.738 bits per heavy atom. The van der Waals surface area contributed by atoms with Crippen LogP contribution in [0.3, 0.4) is 0 Å². The summed E-state index contributed by atoms with van der Waals surface area (Å²) in [7, 11) is -4.43. The predicted molar refractivity (Wildman–Crippen MR) is 181 cm³/mol. The molecule has 0 aromatic heterocycles. The third-order valence-electron chi connectivity index (χ3n) is 8.68. The third-order valence-corrected chi connectivity index (χ3v) is 9.83. The summed E-state index contributed by atoms with van der Waals surface area (Å²) in [6.07, 6.45) is 37.6. The largest absolute Gasteiger partial charge is 0.465 e. The number of rotatable bonds is 34. The van der Waals surface area contributed by atoms with Crippen molar-refractivity contribution in [2.75, 3.05) is 6.61 Å². The van der Waals surface area contributed by atoms with Crippen LogP contribution in [0.1, 0.15) is 213 Å². The lowest BCUT2D eigenvalue weighted by atomic mass is 10.0. The second kappa shape index (κ2) is 31.8. The second-order valence-electron chi connectivity index (χ2n) is 12.9. The molecular weight excluding hydrogens is 544 g/mol. The second-order valence-corrected chi connectivity index (χ2v) is 14.5. The predicted octanol–water partition coefficient (Wildman–Crippen LogP) is 11.9. The molecule has 0 aliphatic heterocycles. The van der Waals surface area contributed by atoms with Gasteiger partial charge in [-0.15, -0.1) is 0 Å². The Labute approximate surface area is 262 Å². The van der Waals surface area contributed by atoms with Crippen LogP contribution in [0, 0.1) is 0 Å². The first-order valence-electron chi connectivity index (χ1n) is 18.6. The van der Waals surface area contributed by atoms with Crippen molar-refractivity contribution in [2.45, 2.75) is 218 Å². The molecule has 1 unspecified atom stereocenters. The Morgan fingerprint density at radius 1 is 0.476 bits per heavy atom. The summed E-state index contributed by atoms with van der Waals surface area (Å²) in [6.45, 7) is 4.76. The molecule has 252 valence electrons. The quantitative estimate of drug-likeness (QED) is 0.0442. The fourth-order valence-electron chi connectivity index (χ4n) is 5.83. The van der Waals surface area contributed by atoms with E-state index in [-0.39, 0.29) is 13.0 Å². The molecule has 5 nitrogen and oxygen atoms in total. The molecule has 0 saturated heterocycles. The van der Waals surface area contributed by atoms with Crippen molar-refractivity contribution < 1.29 is 22.5 Å². The van der Waals surface area contributed by atoms with Crippen molar-refractivity contribution >= 4 is 16.1 Å². The zero-order valence-electron chi connectivity index (χ0n) is 28.2. The number of carbonyl (C=O) groups excluding carboxylic acids is 1. The maximum atomic E-state index is 12.4. The van der Waals surface area contributed by atoms with E-state index in [4.69, 9.17) is 4.74 Å². The Kier molecular flexibility index (Phi) is 31.3. The molecule has 0 rings (SSSR count). The van der Waals surface area contributed by atoms with Crippen LogP contribution in [0.2, 0.25) is 0 Å². The fourth-order valence-corrected chi connectivity index (χ4v) is 6.60. The first kappa shape index (κ1) is 41.4. The van der Waals surface area contributed by atoms with Crippen LogP contribution in [-0.2, 0) is 19.6 Å². The minimum Gasteiger partial charge on any atom is -0.465 e. The van der Waals surface area contributed by atoms with E-state index in [0.29, 0.717) is 6.42 Å². The van der Waals surface area contributed by atoms with E-state index >= 15 is 0 Å².